The first kappa shape index (κ1) is 22.0. The Morgan fingerprint density at radius 3 is 2.76 bits per heavy atom. The molecule has 1 saturated heterocycles. The van der Waals surface area contributed by atoms with Gasteiger partial charge in [0.1, 0.15) is 5.00 Å². The molecule has 1 atom stereocenters. The molecule has 1 unspecified atom stereocenters. The van der Waals surface area contributed by atoms with E-state index in [2.05, 4.69) is 5.32 Å². The number of hydrogen-bond donors (Lipinski definition) is 1. The van der Waals surface area contributed by atoms with E-state index < -0.39 is 29.3 Å². The largest absolute Gasteiger partial charge is 0.462 e. The zero-order chi connectivity index (χ0) is 23.2. The molecule has 0 radical (unpaired) electrons. The highest BCUT2D eigenvalue weighted by Crippen LogP contribution is 2.56. The molecule has 33 heavy (non-hydrogen) atoms. The summed E-state index contributed by atoms with van der Waals surface area (Å²) < 4.78 is 10.6. The standard InChI is InChI=1S/C23H22N2O6S2/c1-2-30-21(28)19-14(13-7-8-13)12-32-20(19)24-17(26)11-31-22(29)23-10-9-18(27)25(23)15-5-3-4-6-16(15)33-23/h3-6,12-13H,2,7-11H2,1H3,(H,24,26). The average Bonchev–Trinajstić information content (AvgIpc) is 3.34. The van der Waals surface area contributed by atoms with Crippen LogP contribution in [0.5, 0.6) is 0 Å². The van der Waals surface area contributed by atoms with Crippen LogP contribution < -0.4 is 10.2 Å². The Morgan fingerprint density at radius 2 is 2.00 bits per heavy atom. The zero-order valence-corrected chi connectivity index (χ0v) is 19.6. The Balaban J connectivity index is 1.27. The molecule has 1 N–H and O–H groups in total. The van der Waals surface area contributed by atoms with Gasteiger partial charge >= 0.3 is 11.9 Å². The summed E-state index contributed by atoms with van der Waals surface area (Å²) in [6, 6.07) is 7.33. The third kappa shape index (κ3) is 3.80. The molecule has 3 aliphatic rings. The smallest absolute Gasteiger partial charge is 0.344 e. The number of esters is 2. The molecule has 2 amide bonds. The Kier molecular flexibility index (Phi) is 5.65. The molecule has 2 fully saturated rings. The number of carbonyl (C=O) groups excluding carboxylic acids is 4. The first-order chi connectivity index (χ1) is 15.9. The van der Waals surface area contributed by atoms with E-state index in [0.717, 1.165) is 23.3 Å². The van der Waals surface area contributed by atoms with Crippen LogP contribution in [0.4, 0.5) is 10.7 Å². The lowest BCUT2D eigenvalue weighted by Crippen LogP contribution is -2.48. The number of para-hydroxylation sites is 1. The lowest BCUT2D eigenvalue weighted by Gasteiger charge is -2.28. The molecule has 2 aliphatic heterocycles. The van der Waals surface area contributed by atoms with Gasteiger partial charge in [-0.2, -0.15) is 0 Å². The minimum absolute atomic E-state index is 0.140. The summed E-state index contributed by atoms with van der Waals surface area (Å²) >= 11 is 2.55. The van der Waals surface area contributed by atoms with Crippen LogP contribution in [0.15, 0.2) is 34.5 Å². The number of nitrogens with zero attached hydrogens (tertiary/aromatic N) is 1. The van der Waals surface area contributed by atoms with Gasteiger partial charge in [0.2, 0.25) is 5.91 Å². The van der Waals surface area contributed by atoms with Gasteiger partial charge in [0.05, 0.1) is 17.9 Å². The number of amides is 2. The Labute approximate surface area is 198 Å². The minimum atomic E-state index is -1.18. The van der Waals surface area contributed by atoms with Crippen molar-refractivity contribution in [2.45, 2.75) is 48.3 Å². The molecule has 1 saturated carbocycles. The van der Waals surface area contributed by atoms with E-state index in [1.807, 2.05) is 23.6 Å². The van der Waals surface area contributed by atoms with E-state index in [4.69, 9.17) is 9.47 Å². The molecule has 2 aromatic rings. The number of carbonyl (C=O) groups is 4. The fraction of sp³-hybridized carbons (Fsp3) is 0.391. The Bertz CT molecular complexity index is 1160. The molecule has 0 bridgehead atoms. The van der Waals surface area contributed by atoms with Gasteiger partial charge in [-0.3, -0.25) is 14.5 Å². The van der Waals surface area contributed by atoms with Crippen LogP contribution >= 0.6 is 23.1 Å². The molecule has 3 heterocycles. The molecule has 172 valence electrons. The van der Waals surface area contributed by atoms with Crippen LogP contribution in [0.2, 0.25) is 0 Å². The first-order valence-corrected chi connectivity index (χ1v) is 12.5. The van der Waals surface area contributed by atoms with Gasteiger partial charge in [0.25, 0.3) is 5.91 Å². The van der Waals surface area contributed by atoms with Crippen molar-refractivity contribution in [3.05, 3.63) is 40.8 Å². The second-order valence-electron chi connectivity index (χ2n) is 8.10. The highest BCUT2D eigenvalue weighted by atomic mass is 32.2. The number of fused-ring (bicyclic) bond motifs is 3. The summed E-state index contributed by atoms with van der Waals surface area (Å²) in [5, 5.41) is 4.97. The SMILES string of the molecule is CCOC(=O)c1c(C2CC2)csc1NC(=O)COC(=O)C12CCC(=O)N1c1ccccc1S2. The maximum Gasteiger partial charge on any atom is 0.344 e. The van der Waals surface area contributed by atoms with Crippen LogP contribution in [0.25, 0.3) is 0 Å². The quantitative estimate of drug-likeness (QED) is 0.592. The number of anilines is 2. The maximum atomic E-state index is 13.1. The van der Waals surface area contributed by atoms with E-state index in [-0.39, 0.29) is 18.9 Å². The summed E-state index contributed by atoms with van der Waals surface area (Å²) in [6.07, 6.45) is 2.57. The lowest BCUT2D eigenvalue weighted by atomic mass is 10.1. The number of hydrogen-bond acceptors (Lipinski definition) is 8. The highest BCUT2D eigenvalue weighted by Gasteiger charge is 2.58. The summed E-state index contributed by atoms with van der Waals surface area (Å²) in [4.78, 5) is 51.8. The number of rotatable bonds is 7. The van der Waals surface area contributed by atoms with Gasteiger partial charge in [0.15, 0.2) is 11.5 Å². The summed E-state index contributed by atoms with van der Waals surface area (Å²) in [7, 11) is 0. The number of thioether (sulfide) groups is 1. The van der Waals surface area contributed by atoms with E-state index in [9.17, 15) is 19.2 Å². The number of ether oxygens (including phenoxy) is 2. The molecule has 10 heteroatoms. The predicted octanol–water partition coefficient (Wildman–Crippen LogP) is 3.91. The van der Waals surface area contributed by atoms with Crippen molar-refractivity contribution in [2.75, 3.05) is 23.4 Å². The van der Waals surface area contributed by atoms with Crippen molar-refractivity contribution in [1.82, 2.24) is 0 Å². The third-order valence-electron chi connectivity index (χ3n) is 5.90. The number of nitrogens with one attached hydrogen (secondary N) is 1. The van der Waals surface area contributed by atoms with Crippen molar-refractivity contribution in [2.24, 2.45) is 0 Å². The Morgan fingerprint density at radius 1 is 1.21 bits per heavy atom. The molecule has 1 aliphatic carbocycles. The normalized spacial score (nSPS) is 20.9. The zero-order valence-electron chi connectivity index (χ0n) is 17.9. The van der Waals surface area contributed by atoms with Crippen molar-refractivity contribution in [1.29, 1.82) is 0 Å². The van der Waals surface area contributed by atoms with Crippen LogP contribution in [0.1, 0.15) is 54.4 Å². The summed E-state index contributed by atoms with van der Waals surface area (Å²) in [5.41, 5.74) is 1.97. The number of benzene rings is 1. The van der Waals surface area contributed by atoms with Crippen molar-refractivity contribution >= 4 is 57.5 Å². The fourth-order valence-electron chi connectivity index (χ4n) is 4.25. The van der Waals surface area contributed by atoms with Crippen LogP contribution in [0.3, 0.4) is 0 Å². The van der Waals surface area contributed by atoms with E-state index in [1.54, 1.807) is 13.0 Å². The van der Waals surface area contributed by atoms with Crippen molar-refractivity contribution in [3.8, 4) is 0 Å². The predicted molar refractivity (Wildman–Crippen MR) is 124 cm³/mol. The van der Waals surface area contributed by atoms with E-state index >= 15 is 0 Å². The van der Waals surface area contributed by atoms with Crippen molar-refractivity contribution < 1.29 is 28.7 Å². The highest BCUT2D eigenvalue weighted by molar-refractivity contribution is 8.02. The van der Waals surface area contributed by atoms with Crippen molar-refractivity contribution in [3.63, 3.8) is 0 Å². The molecule has 1 aromatic heterocycles. The van der Waals surface area contributed by atoms with E-state index in [0.29, 0.717) is 28.6 Å². The van der Waals surface area contributed by atoms with E-state index in [1.165, 1.54) is 28.0 Å². The molecule has 0 spiro atoms. The monoisotopic (exact) mass is 486 g/mol. The number of thiophene rings is 1. The average molecular weight is 487 g/mol. The maximum absolute atomic E-state index is 13.1. The van der Waals surface area contributed by atoms with Crippen LogP contribution in [-0.4, -0.2) is 41.8 Å². The fourth-order valence-corrected chi connectivity index (χ4v) is 6.71. The summed E-state index contributed by atoms with van der Waals surface area (Å²) in [6.45, 7) is 1.45. The van der Waals surface area contributed by atoms with Crippen LogP contribution in [0, 0.1) is 0 Å². The minimum Gasteiger partial charge on any atom is -0.462 e. The third-order valence-corrected chi connectivity index (χ3v) is 8.27. The van der Waals surface area contributed by atoms with Gasteiger partial charge in [-0.25, -0.2) is 9.59 Å². The topological polar surface area (TPSA) is 102 Å². The lowest BCUT2D eigenvalue weighted by molar-refractivity contribution is -0.149. The molecular formula is C23H22N2O6S2. The van der Waals surface area contributed by atoms with Gasteiger partial charge in [0, 0.05) is 17.7 Å². The molecular weight excluding hydrogens is 464 g/mol. The Hall–Kier alpha value is -2.85. The van der Waals surface area contributed by atoms with Crippen LogP contribution in [-0.2, 0) is 23.9 Å². The van der Waals surface area contributed by atoms with Gasteiger partial charge in [-0.1, -0.05) is 23.9 Å². The first-order valence-electron chi connectivity index (χ1n) is 10.8. The second kappa shape index (κ2) is 8.49. The molecule has 1 aromatic carbocycles. The van der Waals surface area contributed by atoms with Gasteiger partial charge in [-0.05, 0) is 48.8 Å². The summed E-state index contributed by atoms with van der Waals surface area (Å²) in [5.74, 6) is -1.47. The van der Waals surface area contributed by atoms with Gasteiger partial charge < -0.3 is 14.8 Å². The molecule has 8 nitrogen and oxygen atoms in total. The van der Waals surface area contributed by atoms with Gasteiger partial charge in [-0.15, -0.1) is 11.3 Å². The molecule has 5 rings (SSSR count). The second-order valence-corrected chi connectivity index (χ2v) is 10.3.